The molecule has 2 aromatic heterocycles. The number of hydrogen-bond acceptors (Lipinski definition) is 7. The molecule has 1 aromatic carbocycles. The van der Waals surface area contributed by atoms with Crippen molar-refractivity contribution in [1.82, 2.24) is 19.7 Å². The highest BCUT2D eigenvalue weighted by Gasteiger charge is 2.26. The summed E-state index contributed by atoms with van der Waals surface area (Å²) in [5.41, 5.74) is 3.72. The molecule has 3 aromatic rings. The monoisotopic (exact) mass is 467 g/mol. The van der Waals surface area contributed by atoms with E-state index in [1.807, 2.05) is 38.6 Å². The van der Waals surface area contributed by atoms with Crippen LogP contribution in [0.1, 0.15) is 71.9 Å². The molecule has 2 heterocycles. The van der Waals surface area contributed by atoms with Gasteiger partial charge in [0.05, 0.1) is 22.9 Å². The summed E-state index contributed by atoms with van der Waals surface area (Å²) in [5, 5.41) is 19.4. The fourth-order valence-electron chi connectivity index (χ4n) is 4.70. The number of aromatic nitrogens is 4. The van der Waals surface area contributed by atoms with Gasteiger partial charge in [-0.3, -0.25) is 4.68 Å². The van der Waals surface area contributed by atoms with Gasteiger partial charge in [-0.15, -0.1) is 0 Å². The number of aryl methyl sites for hydroxylation is 1. The van der Waals surface area contributed by atoms with E-state index in [0.717, 1.165) is 48.3 Å². The molecule has 1 fully saturated rings. The van der Waals surface area contributed by atoms with Gasteiger partial charge in [0.1, 0.15) is 12.1 Å². The summed E-state index contributed by atoms with van der Waals surface area (Å²) in [7, 11) is 2.00. The summed E-state index contributed by atoms with van der Waals surface area (Å²) in [4.78, 5) is 8.97. The fraction of sp³-hybridized carbons (Fsp3) is 0.577. The molecule has 34 heavy (non-hydrogen) atoms. The molecule has 1 saturated carbocycles. The molecule has 0 aliphatic heterocycles. The number of benzene rings is 1. The van der Waals surface area contributed by atoms with Crippen molar-refractivity contribution in [3.8, 4) is 11.3 Å². The second-order valence-electron chi connectivity index (χ2n) is 10.5. The Bertz CT molecular complexity index is 1110. The quantitative estimate of drug-likeness (QED) is 0.473. The standard InChI is InChI=1S/C26H37N5O3/c1-16(2)24-20-13-17(7-12-21(20)30-31(24)6)22-14-23(28-15-27-22)29-18-8-10-19(11-9-18)33-25(32)34-26(3,4)5/h7,12-16,18-19,25,32H,8-11H2,1-6H3,(H,27,28,29)/t18-,19-,25?. The van der Waals surface area contributed by atoms with Gasteiger partial charge < -0.3 is 19.9 Å². The fourth-order valence-corrected chi connectivity index (χ4v) is 4.70. The molecule has 1 aliphatic carbocycles. The van der Waals surface area contributed by atoms with Crippen LogP contribution in [-0.2, 0) is 16.5 Å². The molecule has 0 radical (unpaired) electrons. The van der Waals surface area contributed by atoms with E-state index in [4.69, 9.17) is 9.47 Å². The summed E-state index contributed by atoms with van der Waals surface area (Å²) >= 11 is 0. The van der Waals surface area contributed by atoms with Gasteiger partial charge in [0, 0.05) is 35.8 Å². The van der Waals surface area contributed by atoms with Crippen LogP contribution in [0.3, 0.4) is 0 Å². The Hall–Kier alpha value is -2.55. The second-order valence-corrected chi connectivity index (χ2v) is 10.5. The normalized spacial score (nSPS) is 20.1. The SMILES string of the molecule is CC(C)c1c2cc(-c3cc(N[C@H]4CC[C@H](OC(O)OC(C)(C)C)CC4)ncn3)ccc2nn1C. The second kappa shape index (κ2) is 9.98. The van der Waals surface area contributed by atoms with Gasteiger partial charge in [0.2, 0.25) is 0 Å². The number of anilines is 1. The van der Waals surface area contributed by atoms with Crippen LogP contribution in [0.5, 0.6) is 0 Å². The summed E-state index contributed by atoms with van der Waals surface area (Å²) in [6.07, 6.45) is 5.20. The summed E-state index contributed by atoms with van der Waals surface area (Å²) in [5.74, 6) is 1.20. The zero-order valence-corrected chi connectivity index (χ0v) is 21.1. The Balaban J connectivity index is 1.40. The first-order valence-corrected chi connectivity index (χ1v) is 12.2. The van der Waals surface area contributed by atoms with Crippen molar-refractivity contribution in [2.24, 2.45) is 7.05 Å². The lowest BCUT2D eigenvalue weighted by molar-refractivity contribution is -0.315. The first-order valence-electron chi connectivity index (χ1n) is 12.2. The molecule has 2 N–H and O–H groups in total. The van der Waals surface area contributed by atoms with Gasteiger partial charge in [-0.25, -0.2) is 9.97 Å². The largest absolute Gasteiger partial charge is 0.367 e. The topological polar surface area (TPSA) is 94.3 Å². The van der Waals surface area contributed by atoms with E-state index in [1.54, 1.807) is 6.33 Å². The van der Waals surface area contributed by atoms with Crippen molar-refractivity contribution in [2.75, 3.05) is 5.32 Å². The van der Waals surface area contributed by atoms with E-state index in [9.17, 15) is 5.11 Å². The maximum Gasteiger partial charge on any atom is 0.269 e. The van der Waals surface area contributed by atoms with E-state index >= 15 is 0 Å². The van der Waals surface area contributed by atoms with Gasteiger partial charge in [0.25, 0.3) is 6.48 Å². The zero-order chi connectivity index (χ0) is 24.5. The number of rotatable bonds is 7. The molecular formula is C26H37N5O3. The molecule has 8 heteroatoms. The van der Waals surface area contributed by atoms with E-state index in [1.165, 1.54) is 11.1 Å². The predicted molar refractivity (Wildman–Crippen MR) is 133 cm³/mol. The minimum atomic E-state index is -1.19. The van der Waals surface area contributed by atoms with Crippen LogP contribution in [0.4, 0.5) is 5.82 Å². The third-order valence-electron chi connectivity index (χ3n) is 6.18. The lowest BCUT2D eigenvalue weighted by Gasteiger charge is -2.32. The molecule has 1 aliphatic rings. The molecule has 0 amide bonds. The number of aliphatic hydroxyl groups excluding tert-OH is 1. The molecule has 0 saturated heterocycles. The van der Waals surface area contributed by atoms with Gasteiger partial charge >= 0.3 is 0 Å². The van der Waals surface area contributed by atoms with Gasteiger partial charge in [-0.05, 0) is 64.5 Å². The number of ether oxygens (including phenoxy) is 2. The number of nitrogens with zero attached hydrogens (tertiary/aromatic N) is 4. The average Bonchev–Trinajstić information content (AvgIpc) is 3.09. The third kappa shape index (κ3) is 5.92. The van der Waals surface area contributed by atoms with Crippen molar-refractivity contribution < 1.29 is 14.6 Å². The molecule has 4 rings (SSSR count). The smallest absolute Gasteiger partial charge is 0.269 e. The summed E-state index contributed by atoms with van der Waals surface area (Å²) < 4.78 is 13.1. The van der Waals surface area contributed by atoms with Crippen LogP contribution in [0, 0.1) is 0 Å². The highest BCUT2D eigenvalue weighted by molar-refractivity contribution is 5.86. The number of hydrogen-bond donors (Lipinski definition) is 2. The first kappa shape index (κ1) is 24.6. The minimum absolute atomic E-state index is 0.00211. The minimum Gasteiger partial charge on any atom is -0.367 e. The Morgan fingerprint density at radius 3 is 2.50 bits per heavy atom. The maximum atomic E-state index is 10.0. The van der Waals surface area contributed by atoms with Crippen molar-refractivity contribution >= 4 is 16.7 Å². The highest BCUT2D eigenvalue weighted by Crippen LogP contribution is 2.30. The predicted octanol–water partition coefficient (Wildman–Crippen LogP) is 4.98. The Morgan fingerprint density at radius 2 is 1.82 bits per heavy atom. The summed E-state index contributed by atoms with van der Waals surface area (Å²) in [6.45, 7) is 8.88. The molecular weight excluding hydrogens is 430 g/mol. The Morgan fingerprint density at radius 1 is 1.09 bits per heavy atom. The van der Waals surface area contributed by atoms with Crippen LogP contribution < -0.4 is 5.32 Å². The third-order valence-corrected chi connectivity index (χ3v) is 6.18. The first-order chi connectivity index (χ1) is 16.1. The Kier molecular flexibility index (Phi) is 7.21. The van der Waals surface area contributed by atoms with Crippen LogP contribution in [0.25, 0.3) is 22.2 Å². The number of aliphatic hydroxyl groups is 1. The van der Waals surface area contributed by atoms with E-state index in [0.29, 0.717) is 12.0 Å². The van der Waals surface area contributed by atoms with Gasteiger partial charge in [-0.2, -0.15) is 5.10 Å². The molecule has 0 bridgehead atoms. The van der Waals surface area contributed by atoms with E-state index in [-0.39, 0.29) is 6.10 Å². The van der Waals surface area contributed by atoms with E-state index in [2.05, 4.69) is 52.4 Å². The highest BCUT2D eigenvalue weighted by atomic mass is 16.8. The molecule has 8 nitrogen and oxygen atoms in total. The van der Waals surface area contributed by atoms with Crippen LogP contribution in [0.15, 0.2) is 30.6 Å². The van der Waals surface area contributed by atoms with Gasteiger partial charge in [0.15, 0.2) is 0 Å². The van der Waals surface area contributed by atoms with E-state index < -0.39 is 12.1 Å². The molecule has 1 atom stereocenters. The zero-order valence-electron chi connectivity index (χ0n) is 21.1. The molecule has 184 valence electrons. The molecule has 1 unspecified atom stereocenters. The van der Waals surface area contributed by atoms with Crippen LogP contribution in [0.2, 0.25) is 0 Å². The van der Waals surface area contributed by atoms with Crippen molar-refractivity contribution in [3.63, 3.8) is 0 Å². The summed E-state index contributed by atoms with van der Waals surface area (Å²) in [6, 6.07) is 8.62. The lowest BCUT2D eigenvalue weighted by Crippen LogP contribution is -2.36. The Labute approximate surface area is 201 Å². The number of nitrogens with one attached hydrogen (secondary N) is 1. The lowest BCUT2D eigenvalue weighted by atomic mass is 9.93. The van der Waals surface area contributed by atoms with Crippen molar-refractivity contribution in [2.45, 2.75) is 90.4 Å². The number of fused-ring (bicyclic) bond motifs is 1. The van der Waals surface area contributed by atoms with Crippen molar-refractivity contribution in [1.29, 1.82) is 0 Å². The van der Waals surface area contributed by atoms with Crippen LogP contribution >= 0.6 is 0 Å². The van der Waals surface area contributed by atoms with Crippen LogP contribution in [-0.4, -0.2) is 49.1 Å². The van der Waals surface area contributed by atoms with Crippen molar-refractivity contribution in [3.05, 3.63) is 36.3 Å². The average molecular weight is 468 g/mol. The maximum absolute atomic E-state index is 10.0. The van der Waals surface area contributed by atoms with Gasteiger partial charge in [-0.1, -0.05) is 19.9 Å². The molecule has 0 spiro atoms.